The second kappa shape index (κ2) is 10.3. The molecule has 1 saturated heterocycles. The number of pyridine rings is 2. The summed E-state index contributed by atoms with van der Waals surface area (Å²) in [6.45, 7) is 6.18. The molecule has 3 atom stereocenters. The summed E-state index contributed by atoms with van der Waals surface area (Å²) in [6, 6.07) is 4.28. The number of aromatic amines is 1. The van der Waals surface area contributed by atoms with Crippen LogP contribution in [0.3, 0.4) is 0 Å². The van der Waals surface area contributed by atoms with Gasteiger partial charge < -0.3 is 14.2 Å². The summed E-state index contributed by atoms with van der Waals surface area (Å²) in [6.07, 6.45) is 11.8. The molecule has 0 bridgehead atoms. The van der Waals surface area contributed by atoms with Gasteiger partial charge in [0.25, 0.3) is 0 Å². The average Bonchev–Trinajstić information content (AvgIpc) is 3.70. The van der Waals surface area contributed by atoms with E-state index in [1.807, 2.05) is 12.1 Å². The molecule has 2 aliphatic carbocycles. The molecule has 3 fully saturated rings. The number of fused-ring (bicyclic) bond motifs is 2. The third-order valence-corrected chi connectivity index (χ3v) is 9.41. The fourth-order valence-corrected chi connectivity index (χ4v) is 7.23. The number of nitrogens with one attached hydrogen (secondary N) is 1. The van der Waals surface area contributed by atoms with Crippen molar-refractivity contribution < 1.29 is 9.26 Å². The minimum atomic E-state index is -0.630. The number of hydrogen-bond donors (Lipinski definition) is 1. The van der Waals surface area contributed by atoms with Crippen LogP contribution in [0.15, 0.2) is 33.8 Å². The topological polar surface area (TPSA) is 115 Å². The van der Waals surface area contributed by atoms with Crippen LogP contribution >= 0.6 is 11.6 Å². The first-order chi connectivity index (χ1) is 19.5. The van der Waals surface area contributed by atoms with Gasteiger partial charge in [-0.15, -0.1) is 0 Å². The molecule has 10 nitrogen and oxygen atoms in total. The first-order valence-corrected chi connectivity index (χ1v) is 14.8. The highest BCUT2D eigenvalue weighted by molar-refractivity contribution is 6.30. The van der Waals surface area contributed by atoms with E-state index in [4.69, 9.17) is 30.8 Å². The highest BCUT2D eigenvalue weighted by atomic mass is 35.5. The molecular weight excluding hydrogens is 530 g/mol. The van der Waals surface area contributed by atoms with Gasteiger partial charge in [-0.2, -0.15) is 0 Å². The van der Waals surface area contributed by atoms with Gasteiger partial charge in [0, 0.05) is 30.5 Å². The number of hydrogen-bond acceptors (Lipinski definition) is 8. The van der Waals surface area contributed by atoms with Crippen LogP contribution in [0.1, 0.15) is 64.8 Å². The summed E-state index contributed by atoms with van der Waals surface area (Å²) in [5.41, 5.74) is 3.70. The van der Waals surface area contributed by atoms with Crippen molar-refractivity contribution in [2.24, 2.45) is 11.8 Å². The first kappa shape index (κ1) is 25.7. The number of rotatable bonds is 5. The Morgan fingerprint density at radius 1 is 1.10 bits per heavy atom. The van der Waals surface area contributed by atoms with Gasteiger partial charge in [-0.05, 0) is 63.0 Å². The SMILES string of the molecule is CC1CCC(C(C)n2c(N3CCO[C@H]4CCC[C@@H]43)nc3cc(-c4noc(=O)[nH]4)nc(-c4cncc(Cl)c4)c32)CC1. The molecule has 1 unspecified atom stereocenters. The lowest BCUT2D eigenvalue weighted by Gasteiger charge is -2.40. The van der Waals surface area contributed by atoms with Gasteiger partial charge in [-0.3, -0.25) is 14.5 Å². The predicted molar refractivity (Wildman–Crippen MR) is 152 cm³/mol. The second-order valence-electron chi connectivity index (χ2n) is 11.7. The maximum absolute atomic E-state index is 11.8. The highest BCUT2D eigenvalue weighted by Gasteiger charge is 2.40. The summed E-state index contributed by atoms with van der Waals surface area (Å²) in [7, 11) is 0. The molecule has 40 heavy (non-hydrogen) atoms. The van der Waals surface area contributed by atoms with Gasteiger partial charge in [0.05, 0.1) is 40.5 Å². The molecule has 0 spiro atoms. The number of nitrogens with zero attached hydrogens (tertiary/aromatic N) is 6. The Balaban J connectivity index is 1.47. The van der Waals surface area contributed by atoms with Crippen molar-refractivity contribution in [2.45, 2.75) is 77.0 Å². The van der Waals surface area contributed by atoms with Gasteiger partial charge >= 0.3 is 5.76 Å². The third-order valence-electron chi connectivity index (χ3n) is 9.20. The third kappa shape index (κ3) is 4.51. The van der Waals surface area contributed by atoms with Crippen LogP contribution in [-0.2, 0) is 4.74 Å². The van der Waals surface area contributed by atoms with Crippen LogP contribution in [0, 0.1) is 11.8 Å². The standard InChI is InChI=1S/C29H34ClN7O3/c1-16-6-8-18(9-7-16)17(2)37-26-21(33-28(37)36-10-11-39-24-5-3-4-23(24)36)13-22(27-34-29(38)40-35-27)32-25(26)19-12-20(30)15-31-14-19/h12-18,23-24H,3-11H2,1-2H3,(H,34,35,38)/t16?,17?,18?,23-,24-/m0/s1. The lowest BCUT2D eigenvalue weighted by molar-refractivity contribution is 0.0245. The zero-order valence-corrected chi connectivity index (χ0v) is 23.6. The number of aromatic nitrogens is 6. The lowest BCUT2D eigenvalue weighted by atomic mass is 9.79. The molecule has 0 amide bonds. The van der Waals surface area contributed by atoms with E-state index < -0.39 is 5.76 Å². The molecule has 11 heteroatoms. The van der Waals surface area contributed by atoms with E-state index in [0.29, 0.717) is 35.0 Å². The molecule has 4 aromatic heterocycles. The molecule has 7 rings (SSSR count). The Bertz CT molecular complexity index is 1590. The second-order valence-corrected chi connectivity index (χ2v) is 12.1. The summed E-state index contributed by atoms with van der Waals surface area (Å²) in [5.74, 6) is 1.89. The zero-order chi connectivity index (χ0) is 27.4. The Hall–Kier alpha value is -3.24. The van der Waals surface area contributed by atoms with E-state index in [1.54, 1.807) is 12.4 Å². The van der Waals surface area contributed by atoms with Gasteiger partial charge in [-0.25, -0.2) is 14.8 Å². The van der Waals surface area contributed by atoms with Gasteiger partial charge in [0.1, 0.15) is 5.69 Å². The summed E-state index contributed by atoms with van der Waals surface area (Å²) in [5, 5.41) is 4.44. The largest absolute Gasteiger partial charge is 0.439 e. The first-order valence-electron chi connectivity index (χ1n) is 14.4. The molecule has 210 valence electrons. The Labute approximate surface area is 237 Å². The van der Waals surface area contributed by atoms with Crippen LogP contribution in [-0.4, -0.2) is 55.0 Å². The fourth-order valence-electron chi connectivity index (χ4n) is 7.05. The van der Waals surface area contributed by atoms with Crippen LogP contribution in [0.4, 0.5) is 5.95 Å². The fraction of sp³-hybridized carbons (Fsp3) is 0.552. The minimum Gasteiger partial charge on any atom is -0.374 e. The van der Waals surface area contributed by atoms with Crippen LogP contribution < -0.4 is 10.7 Å². The monoisotopic (exact) mass is 563 g/mol. The predicted octanol–water partition coefficient (Wildman–Crippen LogP) is 5.64. The Kier molecular flexibility index (Phi) is 6.62. The van der Waals surface area contributed by atoms with Crippen molar-refractivity contribution in [1.29, 1.82) is 0 Å². The van der Waals surface area contributed by atoms with Gasteiger partial charge in [0.2, 0.25) is 11.8 Å². The molecule has 4 aromatic rings. The number of ether oxygens (including phenoxy) is 1. The lowest BCUT2D eigenvalue weighted by Crippen LogP contribution is -2.50. The summed E-state index contributed by atoms with van der Waals surface area (Å²) >= 11 is 6.42. The van der Waals surface area contributed by atoms with Gasteiger partial charge in [-0.1, -0.05) is 36.5 Å². The normalized spacial score (nSPS) is 25.8. The molecule has 0 radical (unpaired) electrons. The number of imidazole rings is 1. The number of morpholine rings is 1. The van der Waals surface area contributed by atoms with Crippen molar-refractivity contribution in [3.8, 4) is 22.8 Å². The van der Waals surface area contributed by atoms with E-state index in [-0.39, 0.29) is 18.0 Å². The highest BCUT2D eigenvalue weighted by Crippen LogP contribution is 2.43. The van der Waals surface area contributed by atoms with Crippen LogP contribution in [0.5, 0.6) is 0 Å². The summed E-state index contributed by atoms with van der Waals surface area (Å²) in [4.78, 5) is 31.6. The maximum Gasteiger partial charge on any atom is 0.439 e. The quantitative estimate of drug-likeness (QED) is 0.332. The van der Waals surface area contributed by atoms with Crippen molar-refractivity contribution in [3.05, 3.63) is 40.1 Å². The Morgan fingerprint density at radius 3 is 2.73 bits per heavy atom. The van der Waals surface area contributed by atoms with E-state index in [1.165, 1.54) is 25.7 Å². The van der Waals surface area contributed by atoms with Crippen LogP contribution in [0.25, 0.3) is 33.8 Å². The molecule has 3 aliphatic rings. The average molecular weight is 564 g/mol. The van der Waals surface area contributed by atoms with E-state index >= 15 is 0 Å². The van der Waals surface area contributed by atoms with E-state index in [0.717, 1.165) is 54.3 Å². The minimum absolute atomic E-state index is 0.209. The van der Waals surface area contributed by atoms with Crippen LogP contribution in [0.2, 0.25) is 5.02 Å². The maximum atomic E-state index is 11.8. The molecular formula is C29H34ClN7O3. The zero-order valence-electron chi connectivity index (χ0n) is 22.8. The van der Waals surface area contributed by atoms with Crippen molar-refractivity contribution in [3.63, 3.8) is 0 Å². The molecule has 5 heterocycles. The molecule has 1 N–H and O–H groups in total. The Morgan fingerprint density at radius 2 is 1.95 bits per heavy atom. The van der Waals surface area contributed by atoms with Gasteiger partial charge in [0.15, 0.2) is 0 Å². The molecule has 2 saturated carbocycles. The molecule has 0 aromatic carbocycles. The number of halogens is 1. The van der Waals surface area contributed by atoms with E-state index in [2.05, 4.69) is 38.4 Å². The van der Waals surface area contributed by atoms with Crippen molar-refractivity contribution in [2.75, 3.05) is 18.1 Å². The smallest absolute Gasteiger partial charge is 0.374 e. The van der Waals surface area contributed by atoms with Crippen molar-refractivity contribution >= 4 is 28.6 Å². The van der Waals surface area contributed by atoms with Crippen molar-refractivity contribution in [1.82, 2.24) is 29.7 Å². The van der Waals surface area contributed by atoms with E-state index in [9.17, 15) is 4.79 Å². The molecule has 1 aliphatic heterocycles. The summed E-state index contributed by atoms with van der Waals surface area (Å²) < 4.78 is 13.4. The number of anilines is 1. The number of H-pyrrole nitrogens is 1.